The van der Waals surface area contributed by atoms with Gasteiger partial charge in [0.1, 0.15) is 23.2 Å². The SMILES string of the molecule is Cc1nn(C)c(N(C)c2cccc(O)c2)c1C#N. The minimum Gasteiger partial charge on any atom is -0.508 e. The number of phenols is 1. The van der Waals surface area contributed by atoms with Crippen LogP contribution in [0.2, 0.25) is 0 Å². The standard InChI is InChI=1S/C13H14N4O/c1-9-12(8-14)13(17(3)15-9)16(2)10-5-4-6-11(18)7-10/h4-7,18H,1-3H3. The Balaban J connectivity index is 2.53. The van der Waals surface area contributed by atoms with Crippen molar-refractivity contribution in [2.45, 2.75) is 6.92 Å². The first-order chi connectivity index (χ1) is 8.54. The number of aromatic hydroxyl groups is 1. The molecule has 1 N–H and O–H groups in total. The summed E-state index contributed by atoms with van der Waals surface area (Å²) in [6, 6.07) is 9.04. The molecule has 0 aliphatic rings. The van der Waals surface area contributed by atoms with Gasteiger partial charge in [0.15, 0.2) is 0 Å². The topological polar surface area (TPSA) is 65.1 Å². The van der Waals surface area contributed by atoms with Crippen LogP contribution in [0.15, 0.2) is 24.3 Å². The fourth-order valence-electron chi connectivity index (χ4n) is 1.99. The van der Waals surface area contributed by atoms with Crippen molar-refractivity contribution in [2.75, 3.05) is 11.9 Å². The molecule has 0 fully saturated rings. The lowest BCUT2D eigenvalue weighted by atomic mass is 10.2. The van der Waals surface area contributed by atoms with E-state index in [-0.39, 0.29) is 5.75 Å². The van der Waals surface area contributed by atoms with Crippen molar-refractivity contribution >= 4 is 11.5 Å². The largest absolute Gasteiger partial charge is 0.508 e. The van der Waals surface area contributed by atoms with Gasteiger partial charge in [0.05, 0.1) is 5.69 Å². The second-order valence-electron chi connectivity index (χ2n) is 4.10. The maximum Gasteiger partial charge on any atom is 0.149 e. The van der Waals surface area contributed by atoms with Gasteiger partial charge >= 0.3 is 0 Å². The molecule has 1 aromatic carbocycles. The molecule has 1 aromatic heterocycles. The minimum absolute atomic E-state index is 0.191. The molecule has 0 atom stereocenters. The zero-order chi connectivity index (χ0) is 13.3. The molecule has 0 saturated carbocycles. The van der Waals surface area contributed by atoms with Gasteiger partial charge in [-0.1, -0.05) is 6.07 Å². The summed E-state index contributed by atoms with van der Waals surface area (Å²) in [5.41, 5.74) is 2.04. The summed E-state index contributed by atoms with van der Waals surface area (Å²) in [5.74, 6) is 0.900. The highest BCUT2D eigenvalue weighted by molar-refractivity contribution is 5.67. The van der Waals surface area contributed by atoms with E-state index in [4.69, 9.17) is 0 Å². The van der Waals surface area contributed by atoms with Crippen LogP contribution in [0, 0.1) is 18.3 Å². The molecule has 5 heteroatoms. The lowest BCUT2D eigenvalue weighted by Gasteiger charge is -2.19. The molecule has 0 aliphatic heterocycles. The van der Waals surface area contributed by atoms with Crippen LogP contribution in [0.25, 0.3) is 0 Å². The van der Waals surface area contributed by atoms with Crippen molar-refractivity contribution in [3.63, 3.8) is 0 Å². The average Bonchev–Trinajstić information content (AvgIpc) is 2.62. The molecule has 2 aromatic rings. The van der Waals surface area contributed by atoms with Gasteiger partial charge in [0, 0.05) is 25.8 Å². The normalized spacial score (nSPS) is 10.1. The summed E-state index contributed by atoms with van der Waals surface area (Å²) in [5, 5.41) is 22.9. The van der Waals surface area contributed by atoms with Crippen LogP contribution in [0.4, 0.5) is 11.5 Å². The van der Waals surface area contributed by atoms with Crippen molar-refractivity contribution in [3.05, 3.63) is 35.5 Å². The van der Waals surface area contributed by atoms with Crippen molar-refractivity contribution in [2.24, 2.45) is 7.05 Å². The number of anilines is 2. The molecule has 0 bridgehead atoms. The molecule has 2 rings (SSSR count). The third-order valence-corrected chi connectivity index (χ3v) is 2.84. The Kier molecular flexibility index (Phi) is 2.94. The molecule has 5 nitrogen and oxygen atoms in total. The lowest BCUT2D eigenvalue weighted by Crippen LogP contribution is -2.14. The van der Waals surface area contributed by atoms with E-state index < -0.39 is 0 Å². The van der Waals surface area contributed by atoms with E-state index in [0.29, 0.717) is 17.1 Å². The van der Waals surface area contributed by atoms with E-state index in [9.17, 15) is 10.4 Å². The van der Waals surface area contributed by atoms with E-state index in [1.54, 1.807) is 36.9 Å². The van der Waals surface area contributed by atoms with Crippen molar-refractivity contribution in [1.29, 1.82) is 5.26 Å². The molecule has 0 aliphatic carbocycles. The molecule has 92 valence electrons. The average molecular weight is 242 g/mol. The third kappa shape index (κ3) is 1.89. The number of benzene rings is 1. The summed E-state index contributed by atoms with van der Waals surface area (Å²) in [6.45, 7) is 1.80. The highest BCUT2D eigenvalue weighted by atomic mass is 16.3. The zero-order valence-electron chi connectivity index (χ0n) is 10.5. The Morgan fingerprint density at radius 1 is 1.44 bits per heavy atom. The summed E-state index contributed by atoms with van der Waals surface area (Å²) in [7, 11) is 3.63. The smallest absolute Gasteiger partial charge is 0.149 e. The van der Waals surface area contributed by atoms with Crippen molar-refractivity contribution in [1.82, 2.24) is 9.78 Å². The first-order valence-electron chi connectivity index (χ1n) is 5.51. The van der Waals surface area contributed by atoms with E-state index in [0.717, 1.165) is 5.69 Å². The molecule has 1 heterocycles. The van der Waals surface area contributed by atoms with Crippen LogP contribution in [-0.4, -0.2) is 21.9 Å². The molecular weight excluding hydrogens is 228 g/mol. The molecule has 0 amide bonds. The predicted octanol–water partition coefficient (Wildman–Crippen LogP) is 2.07. The Hall–Kier alpha value is -2.48. The van der Waals surface area contributed by atoms with Gasteiger partial charge in [-0.15, -0.1) is 0 Å². The number of hydrogen-bond acceptors (Lipinski definition) is 4. The fourth-order valence-corrected chi connectivity index (χ4v) is 1.99. The van der Waals surface area contributed by atoms with E-state index >= 15 is 0 Å². The number of aryl methyl sites for hydroxylation is 2. The van der Waals surface area contributed by atoms with Crippen LogP contribution in [-0.2, 0) is 7.05 Å². The van der Waals surface area contributed by atoms with Gasteiger partial charge in [0.2, 0.25) is 0 Å². The summed E-state index contributed by atoms with van der Waals surface area (Å²) >= 11 is 0. The summed E-state index contributed by atoms with van der Waals surface area (Å²) in [6.07, 6.45) is 0. The van der Waals surface area contributed by atoms with Crippen LogP contribution < -0.4 is 4.90 Å². The van der Waals surface area contributed by atoms with E-state index in [1.807, 2.05) is 18.0 Å². The predicted molar refractivity (Wildman–Crippen MR) is 68.8 cm³/mol. The van der Waals surface area contributed by atoms with E-state index in [1.165, 1.54) is 0 Å². The maximum absolute atomic E-state index is 9.50. The Morgan fingerprint density at radius 2 is 2.17 bits per heavy atom. The fraction of sp³-hybridized carbons (Fsp3) is 0.231. The van der Waals surface area contributed by atoms with Crippen LogP contribution in [0.5, 0.6) is 5.75 Å². The second-order valence-corrected chi connectivity index (χ2v) is 4.10. The number of nitriles is 1. The van der Waals surface area contributed by atoms with E-state index in [2.05, 4.69) is 11.2 Å². The zero-order valence-corrected chi connectivity index (χ0v) is 10.5. The molecule has 0 spiro atoms. The van der Waals surface area contributed by atoms with Crippen LogP contribution >= 0.6 is 0 Å². The molecule has 0 radical (unpaired) electrons. The third-order valence-electron chi connectivity index (χ3n) is 2.84. The number of aromatic nitrogens is 2. The van der Waals surface area contributed by atoms with Crippen LogP contribution in [0.1, 0.15) is 11.3 Å². The molecule has 18 heavy (non-hydrogen) atoms. The molecular formula is C13H14N4O. The number of rotatable bonds is 2. The summed E-state index contributed by atoms with van der Waals surface area (Å²) < 4.78 is 1.66. The maximum atomic E-state index is 9.50. The molecule has 0 unspecified atom stereocenters. The highest BCUT2D eigenvalue weighted by Gasteiger charge is 2.17. The van der Waals surface area contributed by atoms with Crippen molar-refractivity contribution in [3.8, 4) is 11.8 Å². The first-order valence-corrected chi connectivity index (χ1v) is 5.51. The Bertz CT molecular complexity index is 624. The Labute approximate surface area is 106 Å². The number of phenolic OH excluding ortho intramolecular Hbond substituents is 1. The minimum atomic E-state index is 0.191. The first kappa shape index (κ1) is 12.0. The van der Waals surface area contributed by atoms with Gasteiger partial charge in [0.25, 0.3) is 0 Å². The Morgan fingerprint density at radius 3 is 2.78 bits per heavy atom. The molecule has 0 saturated heterocycles. The summed E-state index contributed by atoms with van der Waals surface area (Å²) in [4.78, 5) is 1.83. The van der Waals surface area contributed by atoms with Gasteiger partial charge in [-0.2, -0.15) is 10.4 Å². The quantitative estimate of drug-likeness (QED) is 0.875. The number of hydrogen-bond donors (Lipinski definition) is 1. The van der Waals surface area contributed by atoms with Gasteiger partial charge < -0.3 is 10.0 Å². The van der Waals surface area contributed by atoms with Crippen LogP contribution in [0.3, 0.4) is 0 Å². The lowest BCUT2D eigenvalue weighted by molar-refractivity contribution is 0.475. The highest BCUT2D eigenvalue weighted by Crippen LogP contribution is 2.29. The van der Waals surface area contributed by atoms with Gasteiger partial charge in [-0.25, -0.2) is 0 Å². The van der Waals surface area contributed by atoms with Crippen molar-refractivity contribution < 1.29 is 5.11 Å². The number of nitrogens with zero attached hydrogens (tertiary/aromatic N) is 4. The van der Waals surface area contributed by atoms with Gasteiger partial charge in [-0.05, 0) is 19.1 Å². The second kappa shape index (κ2) is 4.41. The van der Waals surface area contributed by atoms with Gasteiger partial charge in [-0.3, -0.25) is 4.68 Å². The monoisotopic (exact) mass is 242 g/mol.